The molecule has 2 aliphatic rings. The Labute approximate surface area is 104 Å². The van der Waals surface area contributed by atoms with Gasteiger partial charge in [-0.1, -0.05) is 5.57 Å². The quantitative estimate of drug-likeness (QED) is 0.360. The summed E-state index contributed by atoms with van der Waals surface area (Å²) in [5, 5.41) is 0. The predicted molar refractivity (Wildman–Crippen MR) is 61.0 cm³/mol. The molecule has 0 aromatic heterocycles. The standard InChI is InChI=1S/2C4H2O3.C4H8/c2*5-3-1-2-4(6)7-3;1-4(2)3/h2*1-2H;1H2,2-3H3. The molecule has 0 saturated carbocycles. The second-order valence-corrected chi connectivity index (χ2v) is 3.35. The zero-order chi connectivity index (χ0) is 14.1. The molecule has 0 spiro atoms. The van der Waals surface area contributed by atoms with E-state index in [1.807, 2.05) is 13.8 Å². The molecule has 18 heavy (non-hydrogen) atoms. The first kappa shape index (κ1) is 15.5. The number of esters is 4. The minimum absolute atomic E-state index is 0.579. The fraction of sp³-hybridized carbons (Fsp3) is 0.167. The largest absolute Gasteiger partial charge is 0.387 e. The zero-order valence-corrected chi connectivity index (χ0v) is 9.97. The lowest BCUT2D eigenvalue weighted by Gasteiger charge is -1.80. The smallest absolute Gasteiger partial charge is 0.338 e. The van der Waals surface area contributed by atoms with Crippen molar-refractivity contribution in [3.8, 4) is 0 Å². The molecule has 96 valence electrons. The molecule has 0 aliphatic carbocycles. The van der Waals surface area contributed by atoms with Gasteiger partial charge in [0.2, 0.25) is 0 Å². The van der Waals surface area contributed by atoms with Gasteiger partial charge in [0.1, 0.15) is 0 Å². The molecule has 0 unspecified atom stereocenters. The van der Waals surface area contributed by atoms with E-state index in [-0.39, 0.29) is 0 Å². The molecule has 6 heteroatoms. The Bertz CT molecular complexity index is 369. The molecule has 0 N–H and O–H groups in total. The van der Waals surface area contributed by atoms with E-state index < -0.39 is 23.9 Å². The van der Waals surface area contributed by atoms with Gasteiger partial charge in [0.05, 0.1) is 0 Å². The van der Waals surface area contributed by atoms with E-state index in [9.17, 15) is 19.2 Å². The molecule has 0 saturated heterocycles. The van der Waals surface area contributed by atoms with Crippen molar-refractivity contribution in [3.05, 3.63) is 36.5 Å². The molecule has 2 aliphatic heterocycles. The van der Waals surface area contributed by atoms with Gasteiger partial charge in [-0.2, -0.15) is 0 Å². The van der Waals surface area contributed by atoms with Crippen molar-refractivity contribution < 1.29 is 28.7 Å². The van der Waals surface area contributed by atoms with Crippen LogP contribution in [0.15, 0.2) is 36.5 Å². The van der Waals surface area contributed by atoms with Crippen LogP contribution < -0.4 is 0 Å². The number of carbonyl (C=O) groups is 4. The first-order chi connectivity index (χ1) is 8.31. The summed E-state index contributed by atoms with van der Waals surface area (Å²) < 4.78 is 7.94. The summed E-state index contributed by atoms with van der Waals surface area (Å²) in [5.74, 6) is -2.31. The van der Waals surface area contributed by atoms with Gasteiger partial charge in [-0.25, -0.2) is 19.2 Å². The normalized spacial score (nSPS) is 15.2. The zero-order valence-electron chi connectivity index (χ0n) is 9.97. The molecule has 0 atom stereocenters. The Morgan fingerprint density at radius 3 is 1.00 bits per heavy atom. The van der Waals surface area contributed by atoms with E-state index in [4.69, 9.17) is 0 Å². The van der Waals surface area contributed by atoms with Crippen LogP contribution in [0.2, 0.25) is 0 Å². The van der Waals surface area contributed by atoms with Crippen molar-refractivity contribution in [2.24, 2.45) is 0 Å². The molecule has 6 nitrogen and oxygen atoms in total. The van der Waals surface area contributed by atoms with Gasteiger partial charge >= 0.3 is 23.9 Å². The highest BCUT2D eigenvalue weighted by atomic mass is 16.6. The lowest BCUT2D eigenvalue weighted by atomic mass is 10.4. The van der Waals surface area contributed by atoms with Crippen molar-refractivity contribution in [1.29, 1.82) is 0 Å². The van der Waals surface area contributed by atoms with Crippen LogP contribution >= 0.6 is 0 Å². The molecule has 2 rings (SSSR count). The minimum atomic E-state index is -0.579. The highest BCUT2D eigenvalue weighted by Gasteiger charge is 2.10. The van der Waals surface area contributed by atoms with Crippen LogP contribution in [0.5, 0.6) is 0 Å². The molecule has 0 aromatic rings. The fourth-order valence-corrected chi connectivity index (χ4v) is 0.607. The molecule has 0 radical (unpaired) electrons. The van der Waals surface area contributed by atoms with Crippen LogP contribution in [0.4, 0.5) is 0 Å². The summed E-state index contributed by atoms with van der Waals surface area (Å²) >= 11 is 0. The second kappa shape index (κ2) is 7.72. The highest BCUT2D eigenvalue weighted by molar-refractivity contribution is 6.05. The van der Waals surface area contributed by atoms with Crippen LogP contribution in [0.1, 0.15) is 13.8 Å². The van der Waals surface area contributed by atoms with Crippen molar-refractivity contribution >= 4 is 23.9 Å². The maximum atomic E-state index is 9.92. The number of rotatable bonds is 0. The SMILES string of the molecule is C=C(C)C.O=C1C=CC(=O)O1.O=C1C=CC(=O)O1. The second-order valence-electron chi connectivity index (χ2n) is 3.35. The molecule has 0 amide bonds. The van der Waals surface area contributed by atoms with Crippen molar-refractivity contribution in [1.82, 2.24) is 0 Å². The summed E-state index contributed by atoms with van der Waals surface area (Å²) in [5.41, 5.74) is 1.17. The molecular formula is C12H12O6. The van der Waals surface area contributed by atoms with E-state index in [1.165, 1.54) is 5.57 Å². The van der Waals surface area contributed by atoms with E-state index >= 15 is 0 Å². The first-order valence-corrected chi connectivity index (χ1v) is 4.81. The maximum absolute atomic E-state index is 9.92. The Kier molecular flexibility index (Phi) is 6.65. The van der Waals surface area contributed by atoms with Gasteiger partial charge in [-0.15, -0.1) is 6.58 Å². The van der Waals surface area contributed by atoms with E-state index in [2.05, 4.69) is 16.1 Å². The van der Waals surface area contributed by atoms with Crippen molar-refractivity contribution in [2.75, 3.05) is 0 Å². The Morgan fingerprint density at radius 1 is 0.778 bits per heavy atom. The topological polar surface area (TPSA) is 86.7 Å². The van der Waals surface area contributed by atoms with Gasteiger partial charge in [-0.05, 0) is 13.8 Å². The summed E-state index contributed by atoms with van der Waals surface area (Å²) in [6.07, 6.45) is 4.34. The minimum Gasteiger partial charge on any atom is -0.387 e. The van der Waals surface area contributed by atoms with Crippen LogP contribution in [-0.4, -0.2) is 23.9 Å². The van der Waals surface area contributed by atoms with Crippen LogP contribution in [-0.2, 0) is 28.7 Å². The van der Waals surface area contributed by atoms with Gasteiger partial charge < -0.3 is 9.47 Å². The van der Waals surface area contributed by atoms with Crippen molar-refractivity contribution in [2.45, 2.75) is 13.8 Å². The highest BCUT2D eigenvalue weighted by Crippen LogP contribution is 1.93. The Morgan fingerprint density at radius 2 is 0.944 bits per heavy atom. The third kappa shape index (κ3) is 8.78. The number of carbonyl (C=O) groups excluding carboxylic acids is 4. The summed E-state index contributed by atoms with van der Waals surface area (Å²) in [6, 6.07) is 0. The van der Waals surface area contributed by atoms with Crippen LogP contribution in [0.3, 0.4) is 0 Å². The van der Waals surface area contributed by atoms with E-state index in [1.54, 1.807) is 0 Å². The number of allylic oxidation sites excluding steroid dienone is 1. The number of hydrogen-bond donors (Lipinski definition) is 0. The predicted octanol–water partition coefficient (Wildman–Crippen LogP) is 0.834. The number of hydrogen-bond acceptors (Lipinski definition) is 6. The Hall–Kier alpha value is -2.50. The average molecular weight is 252 g/mol. The fourth-order valence-electron chi connectivity index (χ4n) is 0.607. The van der Waals surface area contributed by atoms with Crippen molar-refractivity contribution in [3.63, 3.8) is 0 Å². The third-order valence-corrected chi connectivity index (χ3v) is 1.11. The lowest BCUT2D eigenvalue weighted by molar-refractivity contribution is -0.151. The van der Waals surface area contributed by atoms with E-state index in [0.717, 1.165) is 24.3 Å². The van der Waals surface area contributed by atoms with Crippen LogP contribution in [0.25, 0.3) is 0 Å². The summed E-state index contributed by atoms with van der Waals surface area (Å²) in [4.78, 5) is 39.7. The Balaban J connectivity index is 0.000000253. The van der Waals surface area contributed by atoms with Gasteiger partial charge in [0.25, 0.3) is 0 Å². The van der Waals surface area contributed by atoms with Gasteiger partial charge in [0, 0.05) is 24.3 Å². The first-order valence-electron chi connectivity index (χ1n) is 4.81. The number of cyclic esters (lactones) is 4. The number of ether oxygens (including phenoxy) is 2. The lowest BCUT2D eigenvalue weighted by Crippen LogP contribution is -1.96. The molecule has 0 bridgehead atoms. The molecule has 2 heterocycles. The molecule has 0 aromatic carbocycles. The van der Waals surface area contributed by atoms with Gasteiger partial charge in [-0.3, -0.25) is 0 Å². The van der Waals surface area contributed by atoms with E-state index in [0.29, 0.717) is 0 Å². The molecular weight excluding hydrogens is 240 g/mol. The maximum Gasteiger partial charge on any atom is 0.338 e. The van der Waals surface area contributed by atoms with Gasteiger partial charge in [0.15, 0.2) is 0 Å². The average Bonchev–Trinajstić information content (AvgIpc) is 2.76. The summed E-state index contributed by atoms with van der Waals surface area (Å²) in [7, 11) is 0. The monoisotopic (exact) mass is 252 g/mol. The van der Waals surface area contributed by atoms with Crippen LogP contribution in [0, 0.1) is 0 Å². The summed E-state index contributed by atoms with van der Waals surface area (Å²) in [6.45, 7) is 7.50. The third-order valence-electron chi connectivity index (χ3n) is 1.11. The molecule has 0 fully saturated rings.